The Morgan fingerprint density at radius 2 is 2.06 bits per heavy atom. The van der Waals surface area contributed by atoms with Crippen molar-refractivity contribution in [3.05, 3.63) is 42.4 Å². The molecule has 1 saturated carbocycles. The van der Waals surface area contributed by atoms with Gasteiger partial charge in [-0.05, 0) is 44.4 Å². The predicted molar refractivity (Wildman–Crippen MR) is 138 cm³/mol. The van der Waals surface area contributed by atoms with E-state index in [9.17, 15) is 13.2 Å². The van der Waals surface area contributed by atoms with Crippen molar-refractivity contribution in [1.82, 2.24) is 25.3 Å². The van der Waals surface area contributed by atoms with E-state index in [1.807, 2.05) is 19.9 Å². The normalized spacial score (nSPS) is 14.2. The summed E-state index contributed by atoms with van der Waals surface area (Å²) < 4.78 is 31.8. The third-order valence-corrected chi connectivity index (χ3v) is 7.09. The van der Waals surface area contributed by atoms with Crippen LogP contribution in [0.25, 0.3) is 22.6 Å². The van der Waals surface area contributed by atoms with Crippen LogP contribution < -0.4 is 15.4 Å². The van der Waals surface area contributed by atoms with Crippen molar-refractivity contribution in [2.75, 3.05) is 29.4 Å². The first-order valence-corrected chi connectivity index (χ1v) is 13.6. The number of sulfonamides is 1. The van der Waals surface area contributed by atoms with Crippen LogP contribution in [0.5, 0.6) is 0 Å². The molecule has 36 heavy (non-hydrogen) atoms. The summed E-state index contributed by atoms with van der Waals surface area (Å²) in [4.78, 5) is 28.6. The zero-order valence-electron chi connectivity index (χ0n) is 20.5. The van der Waals surface area contributed by atoms with E-state index in [0.29, 0.717) is 41.9 Å². The van der Waals surface area contributed by atoms with Gasteiger partial charge in [0.05, 0.1) is 29.9 Å². The molecule has 11 nitrogen and oxygen atoms in total. The smallest absolute Gasteiger partial charge is 0.407 e. The van der Waals surface area contributed by atoms with Crippen LogP contribution in [0.15, 0.2) is 36.5 Å². The minimum atomic E-state index is -3.41. The van der Waals surface area contributed by atoms with E-state index in [2.05, 4.69) is 35.0 Å². The number of amides is 1. The maximum Gasteiger partial charge on any atom is 0.407 e. The topological polar surface area (TPSA) is 151 Å². The molecule has 1 aliphatic rings. The summed E-state index contributed by atoms with van der Waals surface area (Å²) in [6, 6.07) is 8.80. The number of rotatable bonds is 11. The fourth-order valence-electron chi connectivity index (χ4n) is 3.70. The molecule has 3 aromatic rings. The molecule has 1 aliphatic carbocycles. The molecule has 1 atom stereocenters. The maximum absolute atomic E-state index is 12.3. The van der Waals surface area contributed by atoms with Crippen LogP contribution in [-0.4, -0.2) is 59.9 Å². The average Bonchev–Trinajstić information content (AvgIpc) is 3.60. The number of alkyl carbamates (subject to hydrolysis) is 1. The van der Waals surface area contributed by atoms with Gasteiger partial charge in [-0.15, -0.1) is 0 Å². The van der Waals surface area contributed by atoms with Crippen molar-refractivity contribution >= 4 is 27.8 Å². The fourth-order valence-corrected chi connectivity index (χ4v) is 4.83. The molecule has 1 fully saturated rings. The Hall–Kier alpha value is -3.67. The molecule has 1 unspecified atom stereocenters. The number of carbonyl (C=O) groups is 1. The first-order valence-electron chi connectivity index (χ1n) is 11.9. The van der Waals surface area contributed by atoms with Crippen molar-refractivity contribution < 1.29 is 17.9 Å². The number of nitrogens with one attached hydrogen (secondary N) is 4. The fraction of sp³-hybridized carbons (Fsp3) is 0.417. The second-order valence-corrected chi connectivity index (χ2v) is 10.6. The summed E-state index contributed by atoms with van der Waals surface area (Å²) in [6.45, 7) is 4.07. The van der Waals surface area contributed by atoms with Crippen LogP contribution in [0.1, 0.15) is 44.9 Å². The van der Waals surface area contributed by atoms with Gasteiger partial charge in [0.15, 0.2) is 0 Å². The molecule has 1 amide bonds. The monoisotopic (exact) mass is 513 g/mol. The molecule has 0 saturated heterocycles. The van der Waals surface area contributed by atoms with Crippen LogP contribution in [0.2, 0.25) is 0 Å². The van der Waals surface area contributed by atoms with Crippen molar-refractivity contribution in [2.24, 2.45) is 0 Å². The Bertz CT molecular complexity index is 1320. The van der Waals surface area contributed by atoms with Crippen LogP contribution >= 0.6 is 0 Å². The number of aromatic amines is 1. The number of carbonyl (C=O) groups excluding carboxylic acids is 1. The Balaban J connectivity index is 1.61. The number of H-pyrrole nitrogens is 1. The SMILES string of the molecule is CCCS(=O)(=O)Nc1cccc(-c2nc(C3CC3)[nH]c2-c2ccnc(NCC(C)NC(=O)OC)n2)c1. The Morgan fingerprint density at radius 3 is 2.78 bits per heavy atom. The minimum Gasteiger partial charge on any atom is -0.453 e. The van der Waals surface area contributed by atoms with E-state index in [1.54, 1.807) is 30.5 Å². The number of nitrogens with zero attached hydrogens (tertiary/aromatic N) is 3. The number of hydrogen-bond acceptors (Lipinski definition) is 8. The van der Waals surface area contributed by atoms with Crippen molar-refractivity contribution in [3.8, 4) is 22.6 Å². The molecule has 0 bridgehead atoms. The lowest BCUT2D eigenvalue weighted by Crippen LogP contribution is -2.37. The third-order valence-electron chi connectivity index (χ3n) is 5.60. The molecule has 0 spiro atoms. The highest BCUT2D eigenvalue weighted by atomic mass is 32.2. The maximum atomic E-state index is 12.3. The van der Waals surface area contributed by atoms with Crippen LogP contribution in [0.3, 0.4) is 0 Å². The minimum absolute atomic E-state index is 0.0567. The summed E-state index contributed by atoms with van der Waals surface area (Å²) in [5, 5.41) is 5.81. The first-order chi connectivity index (χ1) is 17.3. The van der Waals surface area contributed by atoms with Gasteiger partial charge >= 0.3 is 6.09 Å². The Morgan fingerprint density at radius 1 is 1.25 bits per heavy atom. The molecule has 0 radical (unpaired) electrons. The van der Waals surface area contributed by atoms with E-state index >= 15 is 0 Å². The molecular weight excluding hydrogens is 482 g/mol. The highest BCUT2D eigenvalue weighted by Gasteiger charge is 2.29. The quantitative estimate of drug-likeness (QED) is 0.303. The van der Waals surface area contributed by atoms with E-state index in [4.69, 9.17) is 4.98 Å². The van der Waals surface area contributed by atoms with Gasteiger partial charge < -0.3 is 20.4 Å². The number of hydrogen-bond donors (Lipinski definition) is 4. The summed E-state index contributed by atoms with van der Waals surface area (Å²) in [6.07, 6.45) is 3.83. The molecule has 2 heterocycles. The van der Waals surface area contributed by atoms with E-state index in [-0.39, 0.29) is 11.8 Å². The standard InChI is InChI=1S/C24H31N7O4S/c1-4-12-36(33,34)31-18-7-5-6-17(13-18)20-21(30-22(29-20)16-8-9-16)19-10-11-25-23(28-19)26-14-15(2)27-24(32)35-3/h5-7,10-11,13,15-16,31H,4,8-9,12,14H2,1-3H3,(H,27,32)(H,29,30)(H,25,26,28). The van der Waals surface area contributed by atoms with Gasteiger partial charge in [0.2, 0.25) is 16.0 Å². The molecule has 4 N–H and O–H groups in total. The molecule has 0 aliphatic heterocycles. The van der Waals surface area contributed by atoms with Gasteiger partial charge in [-0.1, -0.05) is 19.1 Å². The number of aromatic nitrogens is 4. The number of ether oxygens (including phenoxy) is 1. The summed E-state index contributed by atoms with van der Waals surface area (Å²) in [7, 11) is -2.10. The van der Waals surface area contributed by atoms with Crippen LogP contribution in [-0.2, 0) is 14.8 Å². The number of imidazole rings is 1. The van der Waals surface area contributed by atoms with E-state index in [1.165, 1.54) is 7.11 Å². The van der Waals surface area contributed by atoms with Gasteiger partial charge in [0.1, 0.15) is 5.82 Å². The first kappa shape index (κ1) is 25.4. The summed E-state index contributed by atoms with van der Waals surface area (Å²) in [5.41, 5.74) is 3.33. The van der Waals surface area contributed by atoms with Gasteiger partial charge in [0.25, 0.3) is 0 Å². The highest BCUT2D eigenvalue weighted by Crippen LogP contribution is 2.41. The molecular formula is C24H31N7O4S. The van der Waals surface area contributed by atoms with Gasteiger partial charge in [0, 0.05) is 36.0 Å². The summed E-state index contributed by atoms with van der Waals surface area (Å²) in [5.74, 6) is 1.73. The largest absolute Gasteiger partial charge is 0.453 e. The highest BCUT2D eigenvalue weighted by molar-refractivity contribution is 7.92. The van der Waals surface area contributed by atoms with Gasteiger partial charge in [-0.2, -0.15) is 0 Å². The van der Waals surface area contributed by atoms with E-state index < -0.39 is 16.1 Å². The van der Waals surface area contributed by atoms with Gasteiger partial charge in [-0.25, -0.2) is 28.2 Å². The van der Waals surface area contributed by atoms with Crippen molar-refractivity contribution in [2.45, 2.75) is 45.1 Å². The molecule has 12 heteroatoms. The molecule has 192 valence electrons. The lowest BCUT2D eigenvalue weighted by atomic mass is 10.1. The zero-order valence-corrected chi connectivity index (χ0v) is 21.4. The zero-order chi connectivity index (χ0) is 25.7. The third kappa shape index (κ3) is 6.51. The predicted octanol–water partition coefficient (Wildman–Crippen LogP) is 3.72. The van der Waals surface area contributed by atoms with Crippen LogP contribution in [0.4, 0.5) is 16.4 Å². The molecule has 1 aromatic carbocycles. The lowest BCUT2D eigenvalue weighted by molar-refractivity contribution is 0.168. The number of anilines is 2. The van der Waals surface area contributed by atoms with E-state index in [0.717, 1.165) is 29.9 Å². The van der Waals surface area contributed by atoms with Gasteiger partial charge in [-0.3, -0.25) is 4.72 Å². The Labute approximate surface area is 210 Å². The van der Waals surface area contributed by atoms with Crippen molar-refractivity contribution in [3.63, 3.8) is 0 Å². The Kier molecular flexibility index (Phi) is 7.73. The second-order valence-electron chi connectivity index (χ2n) is 8.81. The average molecular weight is 514 g/mol. The van der Waals surface area contributed by atoms with Crippen molar-refractivity contribution in [1.29, 1.82) is 0 Å². The van der Waals surface area contributed by atoms with Crippen LogP contribution in [0, 0.1) is 0 Å². The number of methoxy groups -OCH3 is 1. The second kappa shape index (κ2) is 10.9. The lowest BCUT2D eigenvalue weighted by Gasteiger charge is -2.14. The molecule has 4 rings (SSSR count). The number of benzene rings is 1. The molecule has 2 aromatic heterocycles. The summed E-state index contributed by atoms with van der Waals surface area (Å²) >= 11 is 0.